The third kappa shape index (κ3) is 1.56. The van der Waals surface area contributed by atoms with E-state index in [4.69, 9.17) is 0 Å². The Kier molecular flexibility index (Phi) is 1.88. The first-order chi connectivity index (χ1) is 4.30. The van der Waals surface area contributed by atoms with Gasteiger partial charge in [-0.05, 0) is 11.5 Å². The summed E-state index contributed by atoms with van der Waals surface area (Å²) < 4.78 is 0. The summed E-state index contributed by atoms with van der Waals surface area (Å²) in [5, 5.41) is 0. The summed E-state index contributed by atoms with van der Waals surface area (Å²) >= 11 is 0. The second-order valence-corrected chi connectivity index (χ2v) is 2.37. The minimum absolute atomic E-state index is 1.33. The van der Waals surface area contributed by atoms with Crippen molar-refractivity contribution in [1.82, 2.24) is 0 Å². The summed E-state index contributed by atoms with van der Waals surface area (Å²) in [6, 6.07) is 10.4. The van der Waals surface area contributed by atoms with Crippen LogP contribution in [0.2, 0.25) is 0 Å². The number of benzene rings is 1. The van der Waals surface area contributed by atoms with E-state index in [0.717, 1.165) is 0 Å². The Morgan fingerprint density at radius 3 is 1.89 bits per heavy atom. The van der Waals surface area contributed by atoms with Crippen LogP contribution in [0.1, 0.15) is 19.4 Å². The lowest BCUT2D eigenvalue weighted by molar-refractivity contribution is 1.15. The van der Waals surface area contributed by atoms with Gasteiger partial charge in [-0.15, -0.1) is 0 Å². The Balaban J connectivity index is 2.85. The lowest BCUT2D eigenvalue weighted by atomic mass is 10.0. The minimum Gasteiger partial charge on any atom is -0.0622 e. The summed E-state index contributed by atoms with van der Waals surface area (Å²) in [6.45, 7) is 4.24. The quantitative estimate of drug-likeness (QED) is 0.533. The lowest BCUT2D eigenvalue weighted by Crippen LogP contribution is -1.84. The highest BCUT2D eigenvalue weighted by molar-refractivity contribution is 5.27. The van der Waals surface area contributed by atoms with Crippen LogP contribution in [0.5, 0.6) is 0 Å². The van der Waals surface area contributed by atoms with E-state index < -0.39 is 0 Å². The molecular weight excluding hydrogens is 108 g/mol. The molecule has 0 aromatic heterocycles. The van der Waals surface area contributed by atoms with Crippen LogP contribution >= 0.6 is 0 Å². The van der Waals surface area contributed by atoms with Crippen LogP contribution < -0.4 is 0 Å². The van der Waals surface area contributed by atoms with Crippen LogP contribution in [0.15, 0.2) is 30.3 Å². The highest BCUT2D eigenvalue weighted by Gasteiger charge is 1.94. The first-order valence-electron chi connectivity index (χ1n) is 3.16. The fourth-order valence-corrected chi connectivity index (χ4v) is 0.771. The summed E-state index contributed by atoms with van der Waals surface area (Å²) in [7, 11) is 0. The molecular formula is C9H11. The molecule has 0 atom stereocenters. The third-order valence-electron chi connectivity index (χ3n) is 1.35. The van der Waals surface area contributed by atoms with Crippen molar-refractivity contribution in [1.29, 1.82) is 0 Å². The standard InChI is InChI=1S/C9H11/c1-8(2)9-6-4-3-5-7-9/h3-7H,1-2H3. The van der Waals surface area contributed by atoms with Crippen molar-refractivity contribution < 1.29 is 0 Å². The molecule has 0 aliphatic carbocycles. The molecule has 0 nitrogen and oxygen atoms in total. The Morgan fingerprint density at radius 1 is 1.00 bits per heavy atom. The van der Waals surface area contributed by atoms with Crippen molar-refractivity contribution in [3.8, 4) is 0 Å². The molecule has 0 heterocycles. The Hall–Kier alpha value is -0.780. The van der Waals surface area contributed by atoms with E-state index in [1.807, 2.05) is 6.07 Å². The molecule has 0 fully saturated rings. The molecule has 1 aromatic carbocycles. The Bertz CT molecular complexity index is 163. The van der Waals surface area contributed by atoms with E-state index in [0.29, 0.717) is 0 Å². The van der Waals surface area contributed by atoms with Gasteiger partial charge < -0.3 is 0 Å². The normalized spacial score (nSPS) is 10.1. The van der Waals surface area contributed by atoms with Crippen molar-refractivity contribution in [3.05, 3.63) is 41.8 Å². The van der Waals surface area contributed by atoms with Crippen LogP contribution in [-0.2, 0) is 0 Å². The van der Waals surface area contributed by atoms with E-state index in [9.17, 15) is 0 Å². The SMILES string of the molecule is C[C](C)c1ccccc1. The van der Waals surface area contributed by atoms with E-state index >= 15 is 0 Å². The molecule has 1 rings (SSSR count). The highest BCUT2D eigenvalue weighted by atomic mass is 14.0. The van der Waals surface area contributed by atoms with Gasteiger partial charge in [0, 0.05) is 0 Å². The average Bonchev–Trinajstić information content (AvgIpc) is 1.90. The minimum atomic E-state index is 1.33. The first-order valence-corrected chi connectivity index (χ1v) is 3.16. The van der Waals surface area contributed by atoms with Crippen molar-refractivity contribution in [3.63, 3.8) is 0 Å². The predicted molar refractivity (Wildman–Crippen MR) is 40.1 cm³/mol. The molecule has 0 saturated heterocycles. The molecule has 0 unspecified atom stereocenters. The van der Waals surface area contributed by atoms with E-state index in [1.54, 1.807) is 0 Å². The van der Waals surface area contributed by atoms with Crippen molar-refractivity contribution >= 4 is 0 Å². The summed E-state index contributed by atoms with van der Waals surface area (Å²) in [6.07, 6.45) is 0. The van der Waals surface area contributed by atoms with Gasteiger partial charge in [0.15, 0.2) is 0 Å². The fourth-order valence-electron chi connectivity index (χ4n) is 0.771. The molecule has 0 aliphatic heterocycles. The second-order valence-electron chi connectivity index (χ2n) is 2.37. The van der Waals surface area contributed by atoms with Gasteiger partial charge in [-0.3, -0.25) is 0 Å². The van der Waals surface area contributed by atoms with Gasteiger partial charge in [-0.1, -0.05) is 44.2 Å². The lowest BCUT2D eigenvalue weighted by Gasteiger charge is -2.00. The van der Waals surface area contributed by atoms with Gasteiger partial charge in [-0.2, -0.15) is 0 Å². The second kappa shape index (κ2) is 2.67. The van der Waals surface area contributed by atoms with E-state index in [-0.39, 0.29) is 0 Å². The highest BCUT2D eigenvalue weighted by Crippen LogP contribution is 2.10. The smallest absolute Gasteiger partial charge is 0.00120 e. The molecule has 1 aromatic rings. The fraction of sp³-hybridized carbons (Fsp3) is 0.222. The van der Waals surface area contributed by atoms with Gasteiger partial charge in [0.25, 0.3) is 0 Å². The maximum absolute atomic E-state index is 2.12. The van der Waals surface area contributed by atoms with Gasteiger partial charge in [0.1, 0.15) is 0 Å². The molecule has 0 saturated carbocycles. The predicted octanol–water partition coefficient (Wildman–Crippen LogP) is 2.65. The molecule has 1 radical (unpaired) electrons. The molecule has 0 N–H and O–H groups in total. The monoisotopic (exact) mass is 119 g/mol. The summed E-state index contributed by atoms with van der Waals surface area (Å²) in [4.78, 5) is 0. The first kappa shape index (κ1) is 6.34. The molecule has 0 heteroatoms. The zero-order valence-corrected chi connectivity index (χ0v) is 5.89. The van der Waals surface area contributed by atoms with Crippen molar-refractivity contribution in [2.45, 2.75) is 13.8 Å². The van der Waals surface area contributed by atoms with Gasteiger partial charge in [0.05, 0.1) is 0 Å². The maximum Gasteiger partial charge on any atom is -0.00120 e. The van der Waals surface area contributed by atoms with Crippen LogP contribution in [0.3, 0.4) is 0 Å². The zero-order chi connectivity index (χ0) is 6.69. The average molecular weight is 119 g/mol. The third-order valence-corrected chi connectivity index (χ3v) is 1.35. The van der Waals surface area contributed by atoms with Crippen LogP contribution in [0.25, 0.3) is 0 Å². The molecule has 47 valence electrons. The molecule has 0 spiro atoms. The van der Waals surface area contributed by atoms with Crippen molar-refractivity contribution in [2.24, 2.45) is 0 Å². The number of rotatable bonds is 1. The number of hydrogen-bond donors (Lipinski definition) is 0. The molecule has 0 bridgehead atoms. The maximum atomic E-state index is 2.12. The van der Waals surface area contributed by atoms with Gasteiger partial charge >= 0.3 is 0 Å². The summed E-state index contributed by atoms with van der Waals surface area (Å²) in [5.74, 6) is 1.37. The zero-order valence-electron chi connectivity index (χ0n) is 5.89. The van der Waals surface area contributed by atoms with E-state index in [2.05, 4.69) is 38.1 Å². The van der Waals surface area contributed by atoms with Gasteiger partial charge in [0.2, 0.25) is 0 Å². The summed E-state index contributed by atoms with van der Waals surface area (Å²) in [5.41, 5.74) is 1.33. The largest absolute Gasteiger partial charge is 0.0622 e. The van der Waals surface area contributed by atoms with Crippen LogP contribution in [-0.4, -0.2) is 0 Å². The molecule has 0 amide bonds. The van der Waals surface area contributed by atoms with Crippen LogP contribution in [0.4, 0.5) is 0 Å². The van der Waals surface area contributed by atoms with Gasteiger partial charge in [-0.25, -0.2) is 0 Å². The van der Waals surface area contributed by atoms with Crippen LogP contribution in [0, 0.1) is 5.92 Å². The van der Waals surface area contributed by atoms with E-state index in [1.165, 1.54) is 11.5 Å². The van der Waals surface area contributed by atoms with Crippen molar-refractivity contribution in [2.75, 3.05) is 0 Å². The molecule has 9 heavy (non-hydrogen) atoms. The topological polar surface area (TPSA) is 0 Å². The molecule has 0 aliphatic rings. The Labute approximate surface area is 56.5 Å². The Morgan fingerprint density at radius 2 is 1.56 bits per heavy atom. The number of hydrogen-bond acceptors (Lipinski definition) is 0.